The molecular formula is C15H18N6O2. The Labute approximate surface area is 133 Å². The summed E-state index contributed by atoms with van der Waals surface area (Å²) in [6, 6.07) is 5.23. The van der Waals surface area contributed by atoms with E-state index in [1.165, 1.54) is 30.0 Å². The van der Waals surface area contributed by atoms with Crippen LogP contribution in [0.2, 0.25) is 0 Å². The summed E-state index contributed by atoms with van der Waals surface area (Å²) in [6.45, 7) is 1.93. The Hall–Kier alpha value is -3.29. The number of aromatic nitrogens is 3. The Morgan fingerprint density at radius 2 is 2.00 bits per heavy atom. The number of carbonyl (C=O) groups is 1. The molecule has 0 saturated heterocycles. The maximum atomic E-state index is 11.4. The van der Waals surface area contributed by atoms with Gasteiger partial charge in [-0.25, -0.2) is 4.68 Å². The zero-order valence-corrected chi connectivity index (χ0v) is 12.9. The van der Waals surface area contributed by atoms with Crippen molar-refractivity contribution in [3.8, 4) is 11.4 Å². The molecular weight excluding hydrogens is 296 g/mol. The number of nitrogens with two attached hydrogens (primary N) is 3. The van der Waals surface area contributed by atoms with Gasteiger partial charge in [-0.05, 0) is 30.7 Å². The molecule has 0 fully saturated rings. The number of amides is 1. The molecule has 23 heavy (non-hydrogen) atoms. The first-order valence-electron chi connectivity index (χ1n) is 6.72. The van der Waals surface area contributed by atoms with Crippen LogP contribution >= 0.6 is 0 Å². The third-order valence-electron chi connectivity index (χ3n) is 3.03. The highest BCUT2D eigenvalue weighted by Gasteiger charge is 2.15. The predicted octanol–water partition coefficient (Wildman–Crippen LogP) is 0.556. The minimum absolute atomic E-state index is 0.0856. The third kappa shape index (κ3) is 3.67. The minimum Gasteiger partial charge on any atom is -0.483 e. The molecule has 2 aromatic heterocycles. The van der Waals surface area contributed by atoms with E-state index in [1.807, 2.05) is 13.0 Å². The second-order valence-corrected chi connectivity index (χ2v) is 4.78. The number of nitrogens with zero attached hydrogens (tertiary/aromatic N) is 3. The number of rotatable bonds is 5. The van der Waals surface area contributed by atoms with Gasteiger partial charge in [0.05, 0.1) is 18.5 Å². The van der Waals surface area contributed by atoms with Gasteiger partial charge in [-0.2, -0.15) is 5.10 Å². The molecule has 1 amide bonds. The Morgan fingerprint density at radius 1 is 1.26 bits per heavy atom. The summed E-state index contributed by atoms with van der Waals surface area (Å²) in [4.78, 5) is 15.7. The number of hydrogen-bond acceptors (Lipinski definition) is 6. The lowest BCUT2D eigenvalue weighted by Gasteiger charge is -2.07. The van der Waals surface area contributed by atoms with E-state index in [-0.39, 0.29) is 17.4 Å². The summed E-state index contributed by atoms with van der Waals surface area (Å²) < 4.78 is 6.20. The van der Waals surface area contributed by atoms with Gasteiger partial charge in [-0.15, -0.1) is 0 Å². The molecule has 120 valence electrons. The largest absolute Gasteiger partial charge is 0.483 e. The lowest BCUT2D eigenvalue weighted by Crippen LogP contribution is -2.14. The number of allylic oxidation sites excluding steroid dienone is 2. The van der Waals surface area contributed by atoms with Crippen molar-refractivity contribution < 1.29 is 9.53 Å². The molecule has 8 heteroatoms. The average molecular weight is 314 g/mol. The van der Waals surface area contributed by atoms with Crippen LogP contribution in [0.3, 0.4) is 0 Å². The number of pyridine rings is 1. The molecule has 8 nitrogen and oxygen atoms in total. The second-order valence-electron chi connectivity index (χ2n) is 4.78. The zero-order valence-electron chi connectivity index (χ0n) is 12.9. The first-order chi connectivity index (χ1) is 10.9. The number of primary amides is 1. The van der Waals surface area contributed by atoms with Gasteiger partial charge in [0, 0.05) is 12.3 Å². The Balaban J connectivity index is 2.53. The van der Waals surface area contributed by atoms with Crippen molar-refractivity contribution in [1.82, 2.24) is 14.8 Å². The van der Waals surface area contributed by atoms with Crippen molar-refractivity contribution in [3.63, 3.8) is 0 Å². The van der Waals surface area contributed by atoms with Gasteiger partial charge in [0.1, 0.15) is 5.82 Å². The number of hydrogen-bond donors (Lipinski definition) is 3. The van der Waals surface area contributed by atoms with E-state index >= 15 is 0 Å². The van der Waals surface area contributed by atoms with Crippen LogP contribution in [0.4, 0.5) is 0 Å². The maximum absolute atomic E-state index is 11.4. The zero-order chi connectivity index (χ0) is 17.0. The van der Waals surface area contributed by atoms with Crippen molar-refractivity contribution in [2.24, 2.45) is 17.2 Å². The topological polar surface area (TPSA) is 135 Å². The molecule has 2 rings (SSSR count). The molecule has 0 aromatic carbocycles. The first-order valence-corrected chi connectivity index (χ1v) is 6.72. The Bertz CT molecular complexity index is 774. The summed E-state index contributed by atoms with van der Waals surface area (Å²) >= 11 is 0. The smallest absolute Gasteiger partial charge is 0.269 e. The van der Waals surface area contributed by atoms with Crippen molar-refractivity contribution >= 4 is 11.7 Å². The van der Waals surface area contributed by atoms with Crippen LogP contribution in [0.15, 0.2) is 42.4 Å². The highest BCUT2D eigenvalue weighted by Crippen LogP contribution is 2.20. The van der Waals surface area contributed by atoms with Crippen LogP contribution < -0.4 is 17.2 Å². The Kier molecular flexibility index (Phi) is 4.65. The molecule has 2 heterocycles. The van der Waals surface area contributed by atoms with Crippen molar-refractivity contribution in [2.75, 3.05) is 7.11 Å². The highest BCUT2D eigenvalue weighted by atomic mass is 16.5. The van der Waals surface area contributed by atoms with Gasteiger partial charge in [0.25, 0.3) is 5.91 Å². The van der Waals surface area contributed by atoms with E-state index in [2.05, 4.69) is 10.1 Å². The SMILES string of the molecule is CO/C(N)=C/C=C(\N)n1nc(C(N)=O)cc1-c1ccc(C)cn1. The minimum atomic E-state index is -0.656. The summed E-state index contributed by atoms with van der Waals surface area (Å²) in [7, 11) is 1.44. The van der Waals surface area contributed by atoms with Crippen LogP contribution in [0.1, 0.15) is 16.1 Å². The Morgan fingerprint density at radius 3 is 2.57 bits per heavy atom. The lowest BCUT2D eigenvalue weighted by molar-refractivity contribution is 0.0995. The van der Waals surface area contributed by atoms with Gasteiger partial charge < -0.3 is 21.9 Å². The van der Waals surface area contributed by atoms with Crippen LogP contribution in [0.5, 0.6) is 0 Å². The van der Waals surface area contributed by atoms with Gasteiger partial charge in [-0.3, -0.25) is 9.78 Å². The van der Waals surface area contributed by atoms with E-state index in [4.69, 9.17) is 21.9 Å². The van der Waals surface area contributed by atoms with E-state index in [0.29, 0.717) is 11.4 Å². The lowest BCUT2D eigenvalue weighted by atomic mass is 10.2. The molecule has 0 saturated carbocycles. The van der Waals surface area contributed by atoms with Crippen molar-refractivity contribution in [3.05, 3.63) is 53.7 Å². The summed E-state index contributed by atoms with van der Waals surface area (Å²) in [5.74, 6) is -0.239. The molecule has 0 bridgehead atoms. The second kappa shape index (κ2) is 6.65. The molecule has 0 spiro atoms. The van der Waals surface area contributed by atoms with Crippen LogP contribution in [0.25, 0.3) is 17.2 Å². The maximum Gasteiger partial charge on any atom is 0.269 e. The quantitative estimate of drug-likeness (QED) is 0.545. The molecule has 2 aromatic rings. The summed E-state index contributed by atoms with van der Waals surface area (Å²) in [6.07, 6.45) is 4.70. The highest BCUT2D eigenvalue weighted by molar-refractivity contribution is 5.92. The third-order valence-corrected chi connectivity index (χ3v) is 3.03. The van der Waals surface area contributed by atoms with Gasteiger partial charge in [0.15, 0.2) is 11.6 Å². The average Bonchev–Trinajstić information content (AvgIpc) is 2.98. The number of ether oxygens (including phenoxy) is 1. The number of carbonyl (C=O) groups excluding carboxylic acids is 1. The normalized spacial score (nSPS) is 12.3. The van der Waals surface area contributed by atoms with Gasteiger partial charge >= 0.3 is 0 Å². The monoisotopic (exact) mass is 314 g/mol. The molecule has 0 radical (unpaired) electrons. The van der Waals surface area contributed by atoms with Crippen LogP contribution in [-0.2, 0) is 4.74 Å². The fourth-order valence-corrected chi connectivity index (χ4v) is 1.81. The standard InChI is InChI=1S/C15H18N6O2/c1-9-3-4-10(19-8-9)12-7-11(15(18)22)20-21(12)13(16)5-6-14(17)23-2/h3-8H,16-17H2,1-2H3,(H2,18,22)/b13-5+,14-6+. The van der Waals surface area contributed by atoms with E-state index < -0.39 is 5.91 Å². The fourth-order valence-electron chi connectivity index (χ4n) is 1.81. The van der Waals surface area contributed by atoms with E-state index in [0.717, 1.165) is 5.56 Å². The molecule has 0 atom stereocenters. The predicted molar refractivity (Wildman–Crippen MR) is 86.5 cm³/mol. The number of aryl methyl sites for hydroxylation is 1. The van der Waals surface area contributed by atoms with E-state index in [9.17, 15) is 4.79 Å². The molecule has 0 unspecified atom stereocenters. The van der Waals surface area contributed by atoms with Gasteiger partial charge in [0.2, 0.25) is 0 Å². The summed E-state index contributed by atoms with van der Waals surface area (Å²) in [5, 5.41) is 4.11. The molecule has 6 N–H and O–H groups in total. The molecule has 0 aliphatic rings. The van der Waals surface area contributed by atoms with Crippen molar-refractivity contribution in [1.29, 1.82) is 0 Å². The summed E-state index contributed by atoms with van der Waals surface area (Å²) in [5.41, 5.74) is 19.1. The van der Waals surface area contributed by atoms with Crippen LogP contribution in [-0.4, -0.2) is 27.8 Å². The van der Waals surface area contributed by atoms with E-state index in [1.54, 1.807) is 12.3 Å². The molecule has 0 aliphatic heterocycles. The first kappa shape index (κ1) is 16.1. The van der Waals surface area contributed by atoms with Crippen LogP contribution in [0, 0.1) is 6.92 Å². The van der Waals surface area contributed by atoms with Gasteiger partial charge in [-0.1, -0.05) is 6.07 Å². The molecule has 0 aliphatic carbocycles. The van der Waals surface area contributed by atoms with Crippen molar-refractivity contribution in [2.45, 2.75) is 6.92 Å². The fraction of sp³-hybridized carbons (Fsp3) is 0.133. The number of methoxy groups -OCH3 is 1.